The molecule has 0 aliphatic heterocycles. The molecule has 0 saturated heterocycles. The predicted molar refractivity (Wildman–Crippen MR) is 77.9 cm³/mol. The van der Waals surface area contributed by atoms with Gasteiger partial charge in [-0.15, -0.1) is 11.8 Å². The minimum Gasteiger partial charge on any atom is -0.508 e. The second kappa shape index (κ2) is 8.47. The third-order valence-corrected chi connectivity index (χ3v) is 3.70. The zero-order valence-electron chi connectivity index (χ0n) is 11.3. The van der Waals surface area contributed by atoms with E-state index in [1.54, 1.807) is 24.3 Å². The Hall–Kier alpha value is -1.69. The average molecular weight is 297 g/mol. The molecule has 0 saturated carbocycles. The van der Waals surface area contributed by atoms with Crippen LogP contribution in [0.1, 0.15) is 26.2 Å². The predicted octanol–water partition coefficient (Wildman–Crippen LogP) is 2.24. The lowest BCUT2D eigenvalue weighted by atomic mass is 10.1. The van der Waals surface area contributed by atoms with Gasteiger partial charge in [0.15, 0.2) is 0 Å². The van der Waals surface area contributed by atoms with Gasteiger partial charge in [-0.25, -0.2) is 4.79 Å². The molecule has 1 aromatic rings. The maximum atomic E-state index is 11.7. The summed E-state index contributed by atoms with van der Waals surface area (Å²) in [4.78, 5) is 23.6. The number of rotatable bonds is 8. The first-order valence-corrected chi connectivity index (χ1v) is 7.45. The molecule has 0 heterocycles. The maximum Gasteiger partial charge on any atom is 0.326 e. The standard InChI is InChI=1S/C14H19NO4S/c1-2-3-4-12(14(18)19)15-13(17)9-20-11-7-5-10(16)6-8-11/h5-8,12,16H,2-4,9H2,1H3,(H,15,17)(H,18,19)/t12-/m0/s1. The fourth-order valence-electron chi connectivity index (χ4n) is 1.59. The molecule has 1 amide bonds. The number of unbranched alkanes of at least 4 members (excludes halogenated alkanes) is 1. The van der Waals surface area contributed by atoms with Gasteiger partial charge in [0.05, 0.1) is 5.75 Å². The molecule has 0 aliphatic rings. The number of carbonyl (C=O) groups excluding carboxylic acids is 1. The molecule has 0 spiro atoms. The van der Waals surface area contributed by atoms with E-state index in [1.165, 1.54) is 11.8 Å². The molecule has 1 rings (SSSR count). The Bertz CT molecular complexity index is 447. The van der Waals surface area contributed by atoms with Crippen molar-refractivity contribution in [3.05, 3.63) is 24.3 Å². The topological polar surface area (TPSA) is 86.6 Å². The van der Waals surface area contributed by atoms with Crippen molar-refractivity contribution < 1.29 is 19.8 Å². The molecular formula is C14H19NO4S. The van der Waals surface area contributed by atoms with Gasteiger partial charge >= 0.3 is 5.97 Å². The van der Waals surface area contributed by atoms with Gasteiger partial charge < -0.3 is 15.5 Å². The van der Waals surface area contributed by atoms with E-state index in [0.29, 0.717) is 6.42 Å². The van der Waals surface area contributed by atoms with Crippen LogP contribution in [-0.2, 0) is 9.59 Å². The number of carbonyl (C=O) groups is 2. The summed E-state index contributed by atoms with van der Waals surface area (Å²) in [7, 11) is 0. The van der Waals surface area contributed by atoms with Crippen molar-refractivity contribution in [2.75, 3.05) is 5.75 Å². The molecular weight excluding hydrogens is 278 g/mol. The summed E-state index contributed by atoms with van der Waals surface area (Å²) in [6.45, 7) is 1.97. The summed E-state index contributed by atoms with van der Waals surface area (Å²) < 4.78 is 0. The van der Waals surface area contributed by atoms with Gasteiger partial charge in [0, 0.05) is 4.90 Å². The van der Waals surface area contributed by atoms with Crippen molar-refractivity contribution >= 4 is 23.6 Å². The number of hydrogen-bond acceptors (Lipinski definition) is 4. The van der Waals surface area contributed by atoms with Crippen LogP contribution in [0.2, 0.25) is 0 Å². The first kappa shape index (κ1) is 16.4. The van der Waals surface area contributed by atoms with E-state index in [2.05, 4.69) is 5.32 Å². The highest BCUT2D eigenvalue weighted by molar-refractivity contribution is 8.00. The van der Waals surface area contributed by atoms with Gasteiger partial charge in [0.25, 0.3) is 0 Å². The summed E-state index contributed by atoms with van der Waals surface area (Å²) in [5.74, 6) is -0.974. The van der Waals surface area contributed by atoms with Crippen LogP contribution in [-0.4, -0.2) is 33.9 Å². The normalized spacial score (nSPS) is 11.8. The minimum atomic E-state index is -0.999. The Kier molecular flexibility index (Phi) is 6.93. The Balaban J connectivity index is 2.41. The Morgan fingerprint density at radius 2 is 1.95 bits per heavy atom. The largest absolute Gasteiger partial charge is 0.508 e. The van der Waals surface area contributed by atoms with E-state index >= 15 is 0 Å². The third-order valence-electron chi connectivity index (χ3n) is 2.69. The smallest absolute Gasteiger partial charge is 0.326 e. The SMILES string of the molecule is CCCC[C@H](NC(=O)CSc1ccc(O)cc1)C(=O)O. The molecule has 0 aliphatic carbocycles. The van der Waals surface area contributed by atoms with Crippen LogP contribution in [0, 0.1) is 0 Å². The number of phenolic OH excluding ortho intramolecular Hbond substituents is 1. The van der Waals surface area contributed by atoms with Crippen LogP contribution in [0.4, 0.5) is 0 Å². The van der Waals surface area contributed by atoms with E-state index in [4.69, 9.17) is 10.2 Å². The minimum absolute atomic E-state index is 0.153. The van der Waals surface area contributed by atoms with E-state index < -0.39 is 12.0 Å². The van der Waals surface area contributed by atoms with Crippen LogP contribution in [0.3, 0.4) is 0 Å². The summed E-state index contributed by atoms with van der Waals surface area (Å²) in [6, 6.07) is 5.68. The van der Waals surface area contributed by atoms with Crippen molar-refractivity contribution in [2.24, 2.45) is 0 Å². The van der Waals surface area contributed by atoms with Crippen LogP contribution < -0.4 is 5.32 Å². The van der Waals surface area contributed by atoms with E-state index in [-0.39, 0.29) is 17.4 Å². The summed E-state index contributed by atoms with van der Waals surface area (Å²) in [5.41, 5.74) is 0. The lowest BCUT2D eigenvalue weighted by molar-refractivity contribution is -0.141. The first-order chi connectivity index (χ1) is 9.52. The highest BCUT2D eigenvalue weighted by Crippen LogP contribution is 2.20. The molecule has 1 atom stereocenters. The van der Waals surface area contributed by atoms with Gasteiger partial charge in [0.1, 0.15) is 11.8 Å². The number of hydrogen-bond donors (Lipinski definition) is 3. The molecule has 20 heavy (non-hydrogen) atoms. The number of carboxylic acid groups (broad SMARTS) is 1. The monoisotopic (exact) mass is 297 g/mol. The number of aliphatic carboxylic acids is 1. The van der Waals surface area contributed by atoms with Gasteiger partial charge in [-0.1, -0.05) is 19.8 Å². The molecule has 0 radical (unpaired) electrons. The lowest BCUT2D eigenvalue weighted by Gasteiger charge is -2.13. The number of carboxylic acids is 1. The average Bonchev–Trinajstić information content (AvgIpc) is 2.42. The van der Waals surface area contributed by atoms with Crippen molar-refractivity contribution in [3.63, 3.8) is 0 Å². The summed E-state index contributed by atoms with van der Waals surface area (Å²) >= 11 is 1.30. The molecule has 0 unspecified atom stereocenters. The number of benzene rings is 1. The first-order valence-electron chi connectivity index (χ1n) is 6.47. The zero-order chi connectivity index (χ0) is 15.0. The van der Waals surface area contributed by atoms with Gasteiger partial charge in [-0.3, -0.25) is 4.79 Å². The molecule has 3 N–H and O–H groups in total. The number of nitrogens with one attached hydrogen (secondary N) is 1. The fraction of sp³-hybridized carbons (Fsp3) is 0.429. The van der Waals surface area contributed by atoms with E-state index in [1.807, 2.05) is 6.92 Å². The summed E-state index contributed by atoms with van der Waals surface area (Å²) in [6.07, 6.45) is 2.10. The second-order valence-corrected chi connectivity index (χ2v) is 5.43. The quantitative estimate of drug-likeness (QED) is 0.641. The van der Waals surface area contributed by atoms with Crippen LogP contribution in [0.5, 0.6) is 5.75 Å². The number of thioether (sulfide) groups is 1. The Morgan fingerprint density at radius 1 is 1.30 bits per heavy atom. The van der Waals surface area contributed by atoms with Crippen molar-refractivity contribution in [2.45, 2.75) is 37.1 Å². The van der Waals surface area contributed by atoms with E-state index in [0.717, 1.165) is 17.7 Å². The van der Waals surface area contributed by atoms with Gasteiger partial charge in [-0.05, 0) is 30.7 Å². The number of aromatic hydroxyl groups is 1. The van der Waals surface area contributed by atoms with Crippen molar-refractivity contribution in [3.8, 4) is 5.75 Å². The Morgan fingerprint density at radius 3 is 2.50 bits per heavy atom. The van der Waals surface area contributed by atoms with Crippen molar-refractivity contribution in [1.82, 2.24) is 5.32 Å². The van der Waals surface area contributed by atoms with Crippen LogP contribution >= 0.6 is 11.8 Å². The highest BCUT2D eigenvalue weighted by Gasteiger charge is 2.18. The molecule has 0 fully saturated rings. The van der Waals surface area contributed by atoms with Crippen molar-refractivity contribution in [1.29, 1.82) is 0 Å². The lowest BCUT2D eigenvalue weighted by Crippen LogP contribution is -2.41. The van der Waals surface area contributed by atoms with Gasteiger partial charge in [-0.2, -0.15) is 0 Å². The van der Waals surface area contributed by atoms with Crippen LogP contribution in [0.25, 0.3) is 0 Å². The number of phenols is 1. The fourth-order valence-corrected chi connectivity index (χ4v) is 2.30. The molecule has 1 aromatic carbocycles. The molecule has 6 heteroatoms. The van der Waals surface area contributed by atoms with Crippen LogP contribution in [0.15, 0.2) is 29.2 Å². The number of amides is 1. The summed E-state index contributed by atoms with van der Waals surface area (Å²) in [5, 5.41) is 20.7. The molecule has 5 nitrogen and oxygen atoms in total. The third kappa shape index (κ3) is 5.97. The van der Waals surface area contributed by atoms with E-state index in [9.17, 15) is 9.59 Å². The molecule has 0 aromatic heterocycles. The zero-order valence-corrected chi connectivity index (χ0v) is 12.2. The molecule has 110 valence electrons. The van der Waals surface area contributed by atoms with Gasteiger partial charge in [0.2, 0.25) is 5.91 Å². The Labute approximate surface area is 122 Å². The maximum absolute atomic E-state index is 11.7. The highest BCUT2D eigenvalue weighted by atomic mass is 32.2. The second-order valence-electron chi connectivity index (χ2n) is 4.38. The molecule has 0 bridgehead atoms.